The highest BCUT2D eigenvalue weighted by molar-refractivity contribution is 5.83. The number of ether oxygens (including phenoxy) is 2. The molecular weight excluding hydrogens is 212 g/mol. The van der Waals surface area contributed by atoms with Crippen LogP contribution in [0, 0.1) is 5.92 Å². The molecule has 0 heterocycles. The molecule has 5 nitrogen and oxygen atoms in total. The molecule has 0 saturated heterocycles. The lowest BCUT2D eigenvalue weighted by Gasteiger charge is -2.19. The van der Waals surface area contributed by atoms with Crippen LogP contribution in [0.1, 0.15) is 34.6 Å². The van der Waals surface area contributed by atoms with Gasteiger partial charge in [0.05, 0.1) is 18.1 Å². The summed E-state index contributed by atoms with van der Waals surface area (Å²) in [5.74, 6) is -2.33. The Balaban J connectivity index is 4.31. The molecule has 0 aliphatic carbocycles. The van der Waals surface area contributed by atoms with E-state index < -0.39 is 24.0 Å². The number of rotatable bonds is 5. The minimum Gasteiger partial charge on any atom is -0.463 e. The molecular formula is C11H20O5. The lowest BCUT2D eigenvalue weighted by atomic mass is 10.1. The van der Waals surface area contributed by atoms with Crippen LogP contribution in [0.25, 0.3) is 0 Å². The number of aliphatic hydroxyl groups is 1. The number of carbonyl (C=O) groups excluding carboxylic acids is 2. The van der Waals surface area contributed by atoms with Crippen molar-refractivity contribution in [1.29, 1.82) is 0 Å². The van der Waals surface area contributed by atoms with Gasteiger partial charge in [-0.15, -0.1) is 0 Å². The highest BCUT2D eigenvalue weighted by Gasteiger charge is 2.31. The Morgan fingerprint density at radius 2 is 1.25 bits per heavy atom. The molecule has 0 aliphatic heterocycles. The number of esters is 2. The molecule has 0 bridgehead atoms. The molecule has 0 aromatic rings. The minimum atomic E-state index is -1.48. The van der Waals surface area contributed by atoms with E-state index in [1.807, 2.05) is 0 Å². The van der Waals surface area contributed by atoms with Crippen LogP contribution in [0.5, 0.6) is 0 Å². The molecule has 0 aliphatic rings. The van der Waals surface area contributed by atoms with Crippen LogP contribution in [-0.2, 0) is 19.1 Å². The average Bonchev–Trinajstić information content (AvgIpc) is 2.13. The van der Waals surface area contributed by atoms with E-state index in [0.717, 1.165) is 0 Å². The van der Waals surface area contributed by atoms with Crippen molar-refractivity contribution >= 4 is 11.9 Å². The quantitative estimate of drug-likeness (QED) is 0.712. The summed E-state index contributed by atoms with van der Waals surface area (Å²) in [5.41, 5.74) is 0. The molecule has 0 saturated carbocycles. The predicted molar refractivity (Wildman–Crippen MR) is 57.6 cm³/mol. The Labute approximate surface area is 95.7 Å². The van der Waals surface area contributed by atoms with Gasteiger partial charge in [-0.05, 0) is 34.6 Å². The summed E-state index contributed by atoms with van der Waals surface area (Å²) in [4.78, 5) is 22.7. The Morgan fingerprint density at radius 1 is 0.875 bits per heavy atom. The smallest absolute Gasteiger partial charge is 0.336 e. The second-order valence-corrected chi connectivity index (χ2v) is 4.20. The standard InChI is InChI=1S/C11H20O5/c1-6(2)15-10(13)8(5)9(12)11(14)16-7(3)4/h6-9,12H,1-5H3/t8-,9+/m0/s1. The molecule has 0 rings (SSSR count). The van der Waals surface area contributed by atoms with E-state index in [1.165, 1.54) is 6.92 Å². The van der Waals surface area contributed by atoms with Gasteiger partial charge in [-0.1, -0.05) is 0 Å². The maximum absolute atomic E-state index is 11.4. The SMILES string of the molecule is CC(C)OC(=O)[C@@H](C)[C@@H](O)C(=O)OC(C)C. The first-order valence-electron chi connectivity index (χ1n) is 5.34. The Morgan fingerprint density at radius 3 is 1.62 bits per heavy atom. The lowest BCUT2D eigenvalue weighted by Crippen LogP contribution is -2.37. The zero-order valence-corrected chi connectivity index (χ0v) is 10.4. The van der Waals surface area contributed by atoms with Crippen molar-refractivity contribution in [2.75, 3.05) is 0 Å². The van der Waals surface area contributed by atoms with E-state index in [-0.39, 0.29) is 12.2 Å². The maximum atomic E-state index is 11.4. The van der Waals surface area contributed by atoms with E-state index in [9.17, 15) is 14.7 Å². The molecule has 0 radical (unpaired) electrons. The predicted octanol–water partition coefficient (Wildman–Crippen LogP) is 0.887. The number of aliphatic hydroxyl groups excluding tert-OH is 1. The van der Waals surface area contributed by atoms with Gasteiger partial charge in [-0.25, -0.2) is 4.79 Å². The Hall–Kier alpha value is -1.10. The molecule has 1 N–H and O–H groups in total. The molecule has 0 aromatic heterocycles. The van der Waals surface area contributed by atoms with Gasteiger partial charge in [-0.2, -0.15) is 0 Å². The van der Waals surface area contributed by atoms with E-state index in [4.69, 9.17) is 9.47 Å². The van der Waals surface area contributed by atoms with Crippen LogP contribution in [0.15, 0.2) is 0 Å². The second-order valence-electron chi connectivity index (χ2n) is 4.20. The van der Waals surface area contributed by atoms with Crippen LogP contribution >= 0.6 is 0 Å². The summed E-state index contributed by atoms with van der Waals surface area (Å²) in [5, 5.41) is 9.54. The van der Waals surface area contributed by atoms with E-state index >= 15 is 0 Å². The van der Waals surface area contributed by atoms with Gasteiger partial charge in [-0.3, -0.25) is 4.79 Å². The summed E-state index contributed by atoms with van der Waals surface area (Å²) in [6.07, 6.45) is -2.08. The highest BCUT2D eigenvalue weighted by Crippen LogP contribution is 2.10. The molecule has 0 spiro atoms. The Bertz CT molecular complexity index is 221. The van der Waals surface area contributed by atoms with Crippen LogP contribution in [-0.4, -0.2) is 35.4 Å². The van der Waals surface area contributed by atoms with Crippen molar-refractivity contribution in [3.8, 4) is 0 Å². The molecule has 0 amide bonds. The zero-order chi connectivity index (χ0) is 12.9. The van der Waals surface area contributed by atoms with Crippen LogP contribution in [0.3, 0.4) is 0 Å². The van der Waals surface area contributed by atoms with Gasteiger partial charge < -0.3 is 14.6 Å². The fourth-order valence-electron chi connectivity index (χ4n) is 0.975. The van der Waals surface area contributed by atoms with Crippen molar-refractivity contribution in [2.45, 2.75) is 52.9 Å². The van der Waals surface area contributed by atoms with Crippen LogP contribution < -0.4 is 0 Å². The van der Waals surface area contributed by atoms with Crippen molar-refractivity contribution < 1.29 is 24.2 Å². The summed E-state index contributed by atoms with van der Waals surface area (Å²) < 4.78 is 9.67. The summed E-state index contributed by atoms with van der Waals surface area (Å²) >= 11 is 0. The third-order valence-corrected chi connectivity index (χ3v) is 1.79. The maximum Gasteiger partial charge on any atom is 0.336 e. The first kappa shape index (κ1) is 14.9. The Kier molecular flexibility index (Phi) is 6.03. The van der Waals surface area contributed by atoms with Gasteiger partial charge >= 0.3 is 11.9 Å². The molecule has 2 atom stereocenters. The van der Waals surface area contributed by atoms with Crippen LogP contribution in [0.2, 0.25) is 0 Å². The van der Waals surface area contributed by atoms with E-state index in [1.54, 1.807) is 27.7 Å². The molecule has 0 unspecified atom stereocenters. The molecule has 0 aromatic carbocycles. The molecule has 16 heavy (non-hydrogen) atoms. The largest absolute Gasteiger partial charge is 0.463 e. The van der Waals surface area contributed by atoms with Gasteiger partial charge in [0.1, 0.15) is 0 Å². The number of hydrogen-bond donors (Lipinski definition) is 1. The van der Waals surface area contributed by atoms with Crippen LogP contribution in [0.4, 0.5) is 0 Å². The van der Waals surface area contributed by atoms with Crippen molar-refractivity contribution in [3.05, 3.63) is 0 Å². The lowest BCUT2D eigenvalue weighted by molar-refractivity contribution is -0.169. The monoisotopic (exact) mass is 232 g/mol. The number of hydrogen-bond acceptors (Lipinski definition) is 5. The minimum absolute atomic E-state index is 0.275. The first-order valence-corrected chi connectivity index (χ1v) is 5.34. The summed E-state index contributed by atoms with van der Waals surface area (Å²) in [6, 6.07) is 0. The van der Waals surface area contributed by atoms with Crippen molar-refractivity contribution in [3.63, 3.8) is 0 Å². The molecule has 0 fully saturated rings. The third-order valence-electron chi connectivity index (χ3n) is 1.79. The highest BCUT2D eigenvalue weighted by atomic mass is 16.6. The molecule has 94 valence electrons. The normalized spacial score (nSPS) is 14.8. The van der Waals surface area contributed by atoms with Gasteiger partial charge in [0.25, 0.3) is 0 Å². The topological polar surface area (TPSA) is 72.8 Å². The number of carbonyl (C=O) groups is 2. The zero-order valence-electron chi connectivity index (χ0n) is 10.4. The van der Waals surface area contributed by atoms with Crippen molar-refractivity contribution in [2.24, 2.45) is 5.92 Å². The van der Waals surface area contributed by atoms with E-state index in [0.29, 0.717) is 0 Å². The molecule has 5 heteroatoms. The fourth-order valence-corrected chi connectivity index (χ4v) is 0.975. The van der Waals surface area contributed by atoms with Gasteiger partial charge in [0, 0.05) is 0 Å². The summed E-state index contributed by atoms with van der Waals surface area (Å²) in [6.45, 7) is 8.16. The average molecular weight is 232 g/mol. The van der Waals surface area contributed by atoms with Gasteiger partial charge in [0.2, 0.25) is 0 Å². The van der Waals surface area contributed by atoms with E-state index in [2.05, 4.69) is 0 Å². The second kappa shape index (κ2) is 6.48. The first-order chi connectivity index (χ1) is 7.25. The third kappa shape index (κ3) is 5.11. The van der Waals surface area contributed by atoms with Crippen molar-refractivity contribution in [1.82, 2.24) is 0 Å². The summed E-state index contributed by atoms with van der Waals surface area (Å²) in [7, 11) is 0. The van der Waals surface area contributed by atoms with Gasteiger partial charge in [0.15, 0.2) is 6.10 Å². The fraction of sp³-hybridized carbons (Fsp3) is 0.818.